The fourth-order valence-electron chi connectivity index (χ4n) is 1.60. The molecule has 0 aliphatic heterocycles. The van der Waals surface area contributed by atoms with Gasteiger partial charge in [0, 0.05) is 19.4 Å². The Morgan fingerprint density at radius 2 is 2.05 bits per heavy atom. The molecule has 0 spiro atoms. The Labute approximate surface area is 115 Å². The van der Waals surface area contributed by atoms with Crippen molar-refractivity contribution in [3.63, 3.8) is 0 Å². The summed E-state index contributed by atoms with van der Waals surface area (Å²) < 4.78 is 28.5. The molecule has 1 aromatic rings. The lowest BCUT2D eigenvalue weighted by Gasteiger charge is -2.12. The number of para-hydroxylation sites is 1. The number of rotatable bonds is 7. The molecule has 0 amide bonds. The highest BCUT2D eigenvalue weighted by Crippen LogP contribution is 2.26. The van der Waals surface area contributed by atoms with Crippen LogP contribution in [0.25, 0.3) is 0 Å². The van der Waals surface area contributed by atoms with Gasteiger partial charge in [0.25, 0.3) is 0 Å². The highest BCUT2D eigenvalue weighted by atomic mass is 32.2. The molecule has 1 rings (SSSR count). The molecule has 0 aromatic heterocycles. The number of sulfone groups is 1. The quantitative estimate of drug-likeness (QED) is 0.589. The Morgan fingerprint density at radius 1 is 1.37 bits per heavy atom. The lowest BCUT2D eigenvalue weighted by molar-refractivity contribution is 0.118. The molecular formula is C13H22N2O3S. The van der Waals surface area contributed by atoms with Crippen LogP contribution in [0, 0.1) is 5.92 Å². The monoisotopic (exact) mass is 286 g/mol. The number of hydrogen-bond donors (Lipinski definition) is 2. The van der Waals surface area contributed by atoms with Crippen molar-refractivity contribution >= 4 is 21.2 Å². The van der Waals surface area contributed by atoms with Gasteiger partial charge in [-0.15, -0.1) is 0 Å². The lowest BCUT2D eigenvalue weighted by atomic mass is 10.2. The topological polar surface area (TPSA) is 81.4 Å². The average molecular weight is 286 g/mol. The summed E-state index contributed by atoms with van der Waals surface area (Å²) in [5.41, 5.74) is 6.73. The van der Waals surface area contributed by atoms with E-state index >= 15 is 0 Å². The van der Waals surface area contributed by atoms with Crippen LogP contribution in [0.1, 0.15) is 13.8 Å². The molecule has 1 aromatic carbocycles. The Bertz CT molecular complexity index is 513. The van der Waals surface area contributed by atoms with E-state index < -0.39 is 9.84 Å². The van der Waals surface area contributed by atoms with Gasteiger partial charge in [-0.25, -0.2) is 8.42 Å². The fraction of sp³-hybridized carbons (Fsp3) is 0.538. The number of benzene rings is 1. The first-order valence-electron chi connectivity index (χ1n) is 6.22. The molecular weight excluding hydrogens is 264 g/mol. The van der Waals surface area contributed by atoms with Crippen molar-refractivity contribution in [3.05, 3.63) is 18.2 Å². The second-order valence-electron chi connectivity index (χ2n) is 4.89. The number of anilines is 2. The Hall–Kier alpha value is -1.27. The van der Waals surface area contributed by atoms with Gasteiger partial charge in [0.2, 0.25) is 0 Å². The summed E-state index contributed by atoms with van der Waals surface area (Å²) in [6.07, 6.45) is 1.15. The van der Waals surface area contributed by atoms with E-state index in [1.807, 2.05) is 0 Å². The minimum absolute atomic E-state index is 0.153. The van der Waals surface area contributed by atoms with Gasteiger partial charge in [0.1, 0.15) is 0 Å². The third-order valence-corrected chi connectivity index (χ3v) is 3.63. The minimum atomic E-state index is -3.30. The second kappa shape index (κ2) is 6.77. The van der Waals surface area contributed by atoms with Crippen LogP contribution in [-0.2, 0) is 14.6 Å². The standard InChI is InChI=1S/C13H22N2O3S/c1-10(2)9-18-8-7-15-11-5-4-6-12(13(11)14)19(3,16)17/h4-6,10,15H,7-9,14H2,1-3H3. The maximum absolute atomic E-state index is 11.5. The molecule has 0 saturated heterocycles. The fourth-order valence-corrected chi connectivity index (χ4v) is 2.43. The van der Waals surface area contributed by atoms with Crippen molar-refractivity contribution in [3.8, 4) is 0 Å². The molecule has 0 fully saturated rings. The van der Waals surface area contributed by atoms with Crippen LogP contribution in [0.5, 0.6) is 0 Å². The van der Waals surface area contributed by atoms with Gasteiger partial charge in [-0.3, -0.25) is 0 Å². The third kappa shape index (κ3) is 5.08. The van der Waals surface area contributed by atoms with E-state index in [1.165, 1.54) is 6.07 Å². The molecule has 0 saturated carbocycles. The zero-order valence-corrected chi connectivity index (χ0v) is 12.5. The normalized spacial score (nSPS) is 11.8. The van der Waals surface area contributed by atoms with E-state index in [0.29, 0.717) is 31.4 Å². The predicted molar refractivity (Wildman–Crippen MR) is 78.1 cm³/mol. The molecule has 0 heterocycles. The van der Waals surface area contributed by atoms with Crippen molar-refractivity contribution in [1.29, 1.82) is 0 Å². The first kappa shape index (κ1) is 15.8. The number of nitrogens with two attached hydrogens (primary N) is 1. The Morgan fingerprint density at radius 3 is 2.63 bits per heavy atom. The van der Waals surface area contributed by atoms with Crippen molar-refractivity contribution in [1.82, 2.24) is 0 Å². The predicted octanol–water partition coefficient (Wildman–Crippen LogP) is 1.76. The van der Waals surface area contributed by atoms with Crippen LogP contribution in [-0.4, -0.2) is 34.4 Å². The number of nitrogen functional groups attached to an aromatic ring is 1. The van der Waals surface area contributed by atoms with Crippen LogP contribution in [0.2, 0.25) is 0 Å². The summed E-state index contributed by atoms with van der Waals surface area (Å²) in [6, 6.07) is 4.93. The minimum Gasteiger partial charge on any atom is -0.396 e. The molecule has 0 atom stereocenters. The average Bonchev–Trinajstić information content (AvgIpc) is 2.28. The Balaban J connectivity index is 2.60. The summed E-state index contributed by atoms with van der Waals surface area (Å²) in [5.74, 6) is 0.499. The van der Waals surface area contributed by atoms with Gasteiger partial charge >= 0.3 is 0 Å². The lowest BCUT2D eigenvalue weighted by Crippen LogP contribution is -2.14. The summed E-state index contributed by atoms with van der Waals surface area (Å²) >= 11 is 0. The van der Waals surface area contributed by atoms with E-state index in [0.717, 1.165) is 6.26 Å². The molecule has 0 aliphatic rings. The molecule has 0 unspecified atom stereocenters. The second-order valence-corrected chi connectivity index (χ2v) is 6.87. The van der Waals surface area contributed by atoms with Crippen LogP contribution in [0.3, 0.4) is 0 Å². The zero-order valence-electron chi connectivity index (χ0n) is 11.6. The smallest absolute Gasteiger partial charge is 0.177 e. The molecule has 0 bridgehead atoms. The Kier molecular flexibility index (Phi) is 5.62. The number of ether oxygens (including phenoxy) is 1. The van der Waals surface area contributed by atoms with Gasteiger partial charge in [-0.2, -0.15) is 0 Å². The maximum Gasteiger partial charge on any atom is 0.177 e. The molecule has 6 heteroatoms. The van der Waals surface area contributed by atoms with Gasteiger partial charge in [-0.1, -0.05) is 19.9 Å². The van der Waals surface area contributed by atoms with Crippen molar-refractivity contribution in [2.75, 3.05) is 37.1 Å². The van der Waals surface area contributed by atoms with Crippen LogP contribution < -0.4 is 11.1 Å². The van der Waals surface area contributed by atoms with Gasteiger partial charge in [-0.05, 0) is 18.1 Å². The summed E-state index contributed by atoms with van der Waals surface area (Å²) in [7, 11) is -3.30. The third-order valence-electron chi connectivity index (χ3n) is 2.48. The molecule has 19 heavy (non-hydrogen) atoms. The van der Waals surface area contributed by atoms with E-state index in [9.17, 15) is 8.42 Å². The number of hydrogen-bond acceptors (Lipinski definition) is 5. The van der Waals surface area contributed by atoms with Crippen LogP contribution in [0.4, 0.5) is 11.4 Å². The highest BCUT2D eigenvalue weighted by Gasteiger charge is 2.13. The summed E-state index contributed by atoms with van der Waals surface area (Å²) in [4.78, 5) is 0.153. The SMILES string of the molecule is CC(C)COCCNc1cccc(S(C)(=O)=O)c1N. The van der Waals surface area contributed by atoms with Crippen molar-refractivity contribution < 1.29 is 13.2 Å². The molecule has 0 aliphatic carbocycles. The van der Waals surface area contributed by atoms with Crippen LogP contribution in [0.15, 0.2) is 23.1 Å². The van der Waals surface area contributed by atoms with Gasteiger partial charge in [0.15, 0.2) is 9.84 Å². The highest BCUT2D eigenvalue weighted by molar-refractivity contribution is 7.90. The van der Waals surface area contributed by atoms with Crippen molar-refractivity contribution in [2.45, 2.75) is 18.7 Å². The van der Waals surface area contributed by atoms with E-state index in [1.54, 1.807) is 12.1 Å². The van der Waals surface area contributed by atoms with E-state index in [2.05, 4.69) is 19.2 Å². The molecule has 108 valence electrons. The maximum atomic E-state index is 11.5. The van der Waals surface area contributed by atoms with Crippen molar-refractivity contribution in [2.24, 2.45) is 5.92 Å². The van der Waals surface area contributed by atoms with E-state index in [-0.39, 0.29) is 10.6 Å². The first-order valence-corrected chi connectivity index (χ1v) is 8.11. The molecule has 5 nitrogen and oxygen atoms in total. The van der Waals surface area contributed by atoms with Gasteiger partial charge in [0.05, 0.1) is 22.9 Å². The van der Waals surface area contributed by atoms with Gasteiger partial charge < -0.3 is 15.8 Å². The van der Waals surface area contributed by atoms with Crippen LogP contribution >= 0.6 is 0 Å². The summed E-state index contributed by atoms with van der Waals surface area (Å²) in [6.45, 7) is 6.02. The number of nitrogens with one attached hydrogen (secondary N) is 1. The zero-order chi connectivity index (χ0) is 14.5. The first-order chi connectivity index (χ1) is 8.82. The largest absolute Gasteiger partial charge is 0.396 e. The summed E-state index contributed by atoms with van der Waals surface area (Å²) in [5, 5.41) is 3.08. The molecule has 3 N–H and O–H groups in total. The molecule has 0 radical (unpaired) electrons. The van der Waals surface area contributed by atoms with E-state index in [4.69, 9.17) is 10.5 Å².